The first-order valence-electron chi connectivity index (χ1n) is 2.88. The molecule has 1 rings (SSSR count). The number of aromatic nitrogens is 2. The van der Waals surface area contributed by atoms with Crippen LogP contribution in [0.5, 0.6) is 0 Å². The van der Waals surface area contributed by atoms with E-state index in [0.717, 1.165) is 0 Å². The van der Waals surface area contributed by atoms with Gasteiger partial charge in [-0.15, -0.1) is 4.68 Å². The summed E-state index contributed by atoms with van der Waals surface area (Å²) in [6.07, 6.45) is 1.48. The molecular weight excluding hydrogens is 214 g/mol. The highest BCUT2D eigenvalue weighted by atomic mass is 79.9. The molecule has 0 unspecified atom stereocenters. The summed E-state index contributed by atoms with van der Waals surface area (Å²) in [6.45, 7) is 0. The maximum absolute atomic E-state index is 10.4. The van der Waals surface area contributed by atoms with Crippen LogP contribution in [0, 0.1) is 10.1 Å². The van der Waals surface area contributed by atoms with Crippen LogP contribution in [-0.4, -0.2) is 14.7 Å². The average molecular weight is 220 g/mol. The smallest absolute Gasteiger partial charge is 0.348 e. The zero-order chi connectivity index (χ0) is 8.43. The summed E-state index contributed by atoms with van der Waals surface area (Å²) in [5.41, 5.74) is 0.595. The standard InChI is InChI=1S/C5H6BrN3O2/c1-8-5(9(10)11)4(2-6)3-7-8/h3H,2H2,1H3. The van der Waals surface area contributed by atoms with Crippen molar-refractivity contribution < 1.29 is 4.92 Å². The molecule has 11 heavy (non-hydrogen) atoms. The maximum atomic E-state index is 10.4. The third-order valence-corrected chi connectivity index (χ3v) is 1.90. The number of rotatable bonds is 2. The first-order valence-corrected chi connectivity index (χ1v) is 4.00. The minimum absolute atomic E-state index is 0.0434. The molecule has 0 fully saturated rings. The summed E-state index contributed by atoms with van der Waals surface area (Å²) < 4.78 is 1.25. The highest BCUT2D eigenvalue weighted by Crippen LogP contribution is 2.18. The zero-order valence-corrected chi connectivity index (χ0v) is 7.41. The van der Waals surface area contributed by atoms with Crippen LogP contribution in [-0.2, 0) is 12.4 Å². The van der Waals surface area contributed by atoms with E-state index in [9.17, 15) is 10.1 Å². The number of nitro groups is 1. The number of hydrogen-bond donors (Lipinski definition) is 0. The van der Waals surface area contributed by atoms with Crippen molar-refractivity contribution in [3.8, 4) is 0 Å². The van der Waals surface area contributed by atoms with Gasteiger partial charge in [0, 0.05) is 5.33 Å². The summed E-state index contributed by atoms with van der Waals surface area (Å²) in [5, 5.41) is 14.6. The van der Waals surface area contributed by atoms with E-state index in [0.29, 0.717) is 10.9 Å². The Morgan fingerprint density at radius 3 is 2.91 bits per heavy atom. The van der Waals surface area contributed by atoms with E-state index in [1.54, 1.807) is 7.05 Å². The van der Waals surface area contributed by atoms with Gasteiger partial charge >= 0.3 is 5.82 Å². The highest BCUT2D eigenvalue weighted by Gasteiger charge is 2.17. The van der Waals surface area contributed by atoms with Crippen molar-refractivity contribution in [2.24, 2.45) is 7.05 Å². The zero-order valence-electron chi connectivity index (χ0n) is 5.82. The first kappa shape index (κ1) is 8.19. The van der Waals surface area contributed by atoms with Gasteiger partial charge in [0.1, 0.15) is 7.05 Å². The number of aryl methyl sites for hydroxylation is 1. The SMILES string of the molecule is Cn1ncc(CBr)c1[N+](=O)[O-]. The van der Waals surface area contributed by atoms with Gasteiger partial charge in [0.2, 0.25) is 0 Å². The number of halogens is 1. The van der Waals surface area contributed by atoms with E-state index < -0.39 is 4.92 Å². The lowest BCUT2D eigenvalue weighted by molar-refractivity contribution is -0.392. The fourth-order valence-electron chi connectivity index (χ4n) is 0.806. The van der Waals surface area contributed by atoms with E-state index in [-0.39, 0.29) is 5.82 Å². The minimum atomic E-state index is -0.441. The molecule has 0 N–H and O–H groups in total. The highest BCUT2D eigenvalue weighted by molar-refractivity contribution is 9.08. The predicted molar refractivity (Wildman–Crippen MR) is 42.5 cm³/mol. The molecule has 0 atom stereocenters. The quantitative estimate of drug-likeness (QED) is 0.427. The molecule has 0 aliphatic rings. The van der Waals surface area contributed by atoms with Gasteiger partial charge in [-0.3, -0.25) is 0 Å². The van der Waals surface area contributed by atoms with Gasteiger partial charge in [0.05, 0.1) is 11.8 Å². The molecule has 0 saturated heterocycles. The van der Waals surface area contributed by atoms with Crippen molar-refractivity contribution in [3.63, 3.8) is 0 Å². The summed E-state index contributed by atoms with van der Waals surface area (Å²) in [5.74, 6) is 0.0434. The van der Waals surface area contributed by atoms with Crippen LogP contribution >= 0.6 is 15.9 Å². The van der Waals surface area contributed by atoms with E-state index in [4.69, 9.17) is 0 Å². The molecule has 0 aliphatic carbocycles. The van der Waals surface area contributed by atoms with Crippen molar-refractivity contribution in [2.75, 3.05) is 0 Å². The van der Waals surface area contributed by atoms with Crippen LogP contribution in [0.4, 0.5) is 5.82 Å². The van der Waals surface area contributed by atoms with Crippen molar-refractivity contribution in [1.29, 1.82) is 0 Å². The van der Waals surface area contributed by atoms with Crippen LogP contribution in [0.25, 0.3) is 0 Å². The topological polar surface area (TPSA) is 61.0 Å². The van der Waals surface area contributed by atoms with E-state index in [2.05, 4.69) is 21.0 Å². The second-order valence-electron chi connectivity index (χ2n) is 2.01. The third-order valence-electron chi connectivity index (χ3n) is 1.30. The van der Waals surface area contributed by atoms with Crippen molar-refractivity contribution in [1.82, 2.24) is 9.78 Å². The second-order valence-corrected chi connectivity index (χ2v) is 2.57. The Morgan fingerprint density at radius 1 is 1.91 bits per heavy atom. The summed E-state index contributed by atoms with van der Waals surface area (Å²) in [7, 11) is 1.55. The minimum Gasteiger partial charge on any atom is -0.358 e. The van der Waals surface area contributed by atoms with Gasteiger partial charge in [-0.1, -0.05) is 21.0 Å². The maximum Gasteiger partial charge on any atom is 0.348 e. The molecule has 0 aromatic carbocycles. The second kappa shape index (κ2) is 3.00. The molecule has 5 nitrogen and oxygen atoms in total. The molecule has 0 spiro atoms. The van der Waals surface area contributed by atoms with Crippen LogP contribution < -0.4 is 0 Å². The molecular formula is C5H6BrN3O2. The Labute approximate surface area is 71.3 Å². The van der Waals surface area contributed by atoms with Crippen LogP contribution in [0.2, 0.25) is 0 Å². The van der Waals surface area contributed by atoms with Gasteiger partial charge < -0.3 is 10.1 Å². The van der Waals surface area contributed by atoms with E-state index >= 15 is 0 Å². The largest absolute Gasteiger partial charge is 0.358 e. The Bertz CT molecular complexity index is 283. The van der Waals surface area contributed by atoms with Crippen molar-refractivity contribution >= 4 is 21.7 Å². The summed E-state index contributed by atoms with van der Waals surface area (Å²) in [6, 6.07) is 0. The van der Waals surface area contributed by atoms with Crippen LogP contribution in [0.3, 0.4) is 0 Å². The molecule has 0 amide bonds. The number of alkyl halides is 1. The summed E-state index contributed by atoms with van der Waals surface area (Å²) >= 11 is 3.13. The molecule has 0 saturated carbocycles. The number of nitrogens with zero attached hydrogens (tertiary/aromatic N) is 3. The predicted octanol–water partition coefficient (Wildman–Crippen LogP) is 1.22. The molecule has 60 valence electrons. The Kier molecular flexibility index (Phi) is 2.23. The first-order chi connectivity index (χ1) is 5.16. The van der Waals surface area contributed by atoms with Crippen molar-refractivity contribution in [3.05, 3.63) is 21.9 Å². The van der Waals surface area contributed by atoms with Crippen LogP contribution in [0.15, 0.2) is 6.20 Å². The fourth-order valence-corrected chi connectivity index (χ4v) is 1.20. The Morgan fingerprint density at radius 2 is 2.55 bits per heavy atom. The molecule has 1 heterocycles. The Balaban J connectivity index is 3.17. The fraction of sp³-hybridized carbons (Fsp3) is 0.400. The van der Waals surface area contributed by atoms with Gasteiger partial charge in [0.15, 0.2) is 0 Å². The molecule has 6 heteroatoms. The van der Waals surface area contributed by atoms with Gasteiger partial charge in [-0.05, 0) is 4.92 Å². The molecule has 0 radical (unpaired) electrons. The average Bonchev–Trinajstić information content (AvgIpc) is 2.30. The molecule has 1 aromatic heterocycles. The van der Waals surface area contributed by atoms with Gasteiger partial charge in [-0.25, -0.2) is 0 Å². The van der Waals surface area contributed by atoms with E-state index in [1.165, 1.54) is 10.9 Å². The lowest BCUT2D eigenvalue weighted by atomic mass is 10.4. The van der Waals surface area contributed by atoms with Gasteiger partial charge in [0.25, 0.3) is 0 Å². The van der Waals surface area contributed by atoms with E-state index in [1.807, 2.05) is 0 Å². The normalized spacial score (nSPS) is 10.0. The lowest BCUT2D eigenvalue weighted by Gasteiger charge is -1.94. The monoisotopic (exact) mass is 219 g/mol. The van der Waals surface area contributed by atoms with Crippen molar-refractivity contribution in [2.45, 2.75) is 5.33 Å². The molecule has 0 aliphatic heterocycles. The van der Waals surface area contributed by atoms with Gasteiger partial charge in [-0.2, -0.15) is 0 Å². The van der Waals surface area contributed by atoms with Crippen LogP contribution in [0.1, 0.15) is 5.56 Å². The molecule has 0 bridgehead atoms. The molecule has 1 aromatic rings. The number of hydrogen-bond acceptors (Lipinski definition) is 3. The third kappa shape index (κ3) is 1.40. The summed E-state index contributed by atoms with van der Waals surface area (Å²) in [4.78, 5) is 9.95. The Hall–Kier alpha value is -0.910. The lowest BCUT2D eigenvalue weighted by Crippen LogP contribution is -1.99.